The summed E-state index contributed by atoms with van der Waals surface area (Å²) in [5, 5.41) is 11.0. The quantitative estimate of drug-likeness (QED) is 0.645. The van der Waals surface area contributed by atoms with Gasteiger partial charge in [-0.25, -0.2) is 5.43 Å². The molecule has 0 aliphatic carbocycles. The second-order valence-corrected chi connectivity index (χ2v) is 4.62. The Morgan fingerprint density at radius 3 is 2.75 bits per heavy atom. The number of H-pyrrole nitrogens is 1. The van der Waals surface area contributed by atoms with Crippen LogP contribution in [0.25, 0.3) is 0 Å². The molecule has 0 saturated carbocycles. The van der Waals surface area contributed by atoms with Crippen molar-refractivity contribution in [3.8, 4) is 0 Å². The summed E-state index contributed by atoms with van der Waals surface area (Å²) in [4.78, 5) is 11.7. The van der Waals surface area contributed by atoms with E-state index in [2.05, 4.69) is 20.7 Å². The molecule has 0 unspecified atom stereocenters. The zero-order valence-electron chi connectivity index (χ0n) is 11.7. The average molecular weight is 270 g/mol. The minimum absolute atomic E-state index is 0.0998. The summed E-state index contributed by atoms with van der Waals surface area (Å²) in [5.74, 6) is -0.0998. The summed E-state index contributed by atoms with van der Waals surface area (Å²) in [6.07, 6.45) is 2.69. The van der Waals surface area contributed by atoms with Gasteiger partial charge in [0.25, 0.3) is 0 Å². The summed E-state index contributed by atoms with van der Waals surface area (Å²) >= 11 is 0. The molecule has 0 atom stereocenters. The fourth-order valence-corrected chi connectivity index (χ4v) is 1.95. The maximum Gasteiger partial charge on any atom is 0.240 e. The number of nitrogens with one attached hydrogen (secondary N) is 2. The highest BCUT2D eigenvalue weighted by Gasteiger charge is 2.08. The van der Waals surface area contributed by atoms with E-state index in [9.17, 15) is 4.79 Å². The molecular weight excluding hydrogens is 252 g/mol. The Morgan fingerprint density at radius 2 is 2.10 bits per heavy atom. The number of aromatic amines is 1. The molecule has 2 N–H and O–H groups in total. The molecule has 1 heterocycles. The van der Waals surface area contributed by atoms with E-state index >= 15 is 0 Å². The number of aromatic nitrogens is 2. The van der Waals surface area contributed by atoms with E-state index in [1.54, 1.807) is 6.21 Å². The number of carbonyl (C=O) groups excluding carboxylic acids is 1. The number of amides is 1. The van der Waals surface area contributed by atoms with Gasteiger partial charge in [-0.05, 0) is 31.4 Å². The van der Waals surface area contributed by atoms with Gasteiger partial charge in [-0.3, -0.25) is 9.89 Å². The molecule has 0 spiro atoms. The van der Waals surface area contributed by atoms with E-state index in [0.29, 0.717) is 12.8 Å². The Balaban J connectivity index is 1.80. The molecule has 0 aliphatic rings. The first-order valence-electron chi connectivity index (χ1n) is 6.54. The standard InChI is InChI=1S/C15H18N4O/c1-11-14(12(2)18-17-11)8-9-15(20)19-16-10-13-6-4-3-5-7-13/h3-7,10H,8-9H2,1-2H3,(H,17,18)(H,19,20)/b16-10-. The Hall–Kier alpha value is -2.43. The lowest BCUT2D eigenvalue weighted by molar-refractivity contribution is -0.121. The van der Waals surface area contributed by atoms with E-state index in [0.717, 1.165) is 22.5 Å². The summed E-state index contributed by atoms with van der Waals surface area (Å²) in [5.41, 5.74) is 6.55. The van der Waals surface area contributed by atoms with Crippen LogP contribution in [0.3, 0.4) is 0 Å². The minimum atomic E-state index is -0.0998. The van der Waals surface area contributed by atoms with Crippen molar-refractivity contribution in [3.63, 3.8) is 0 Å². The first-order chi connectivity index (χ1) is 9.66. The van der Waals surface area contributed by atoms with Gasteiger partial charge in [0, 0.05) is 12.1 Å². The molecule has 5 nitrogen and oxygen atoms in total. The minimum Gasteiger partial charge on any atom is -0.282 e. The van der Waals surface area contributed by atoms with Crippen molar-refractivity contribution >= 4 is 12.1 Å². The van der Waals surface area contributed by atoms with Gasteiger partial charge in [0.1, 0.15) is 0 Å². The number of benzene rings is 1. The van der Waals surface area contributed by atoms with E-state index < -0.39 is 0 Å². The molecule has 2 aromatic rings. The number of hydrogen-bond acceptors (Lipinski definition) is 3. The zero-order chi connectivity index (χ0) is 14.4. The smallest absolute Gasteiger partial charge is 0.240 e. The maximum atomic E-state index is 11.7. The van der Waals surface area contributed by atoms with E-state index in [1.807, 2.05) is 44.2 Å². The van der Waals surface area contributed by atoms with Crippen LogP contribution in [0, 0.1) is 13.8 Å². The van der Waals surface area contributed by atoms with Crippen molar-refractivity contribution < 1.29 is 4.79 Å². The molecule has 1 amide bonds. The lowest BCUT2D eigenvalue weighted by atomic mass is 10.1. The summed E-state index contributed by atoms with van der Waals surface area (Å²) in [7, 11) is 0. The summed E-state index contributed by atoms with van der Waals surface area (Å²) in [6.45, 7) is 3.89. The van der Waals surface area contributed by atoms with Gasteiger partial charge in [-0.15, -0.1) is 0 Å². The highest BCUT2D eigenvalue weighted by Crippen LogP contribution is 2.11. The molecule has 1 aromatic heterocycles. The van der Waals surface area contributed by atoms with Crippen molar-refractivity contribution in [2.24, 2.45) is 5.10 Å². The van der Waals surface area contributed by atoms with Crippen molar-refractivity contribution in [2.45, 2.75) is 26.7 Å². The Bertz CT molecular complexity index is 582. The average Bonchev–Trinajstić information content (AvgIpc) is 2.77. The van der Waals surface area contributed by atoms with Crippen LogP contribution in [0.5, 0.6) is 0 Å². The molecule has 0 saturated heterocycles. The van der Waals surface area contributed by atoms with Crippen LogP contribution < -0.4 is 5.43 Å². The lowest BCUT2D eigenvalue weighted by Crippen LogP contribution is -2.18. The van der Waals surface area contributed by atoms with E-state index in [-0.39, 0.29) is 5.91 Å². The highest BCUT2D eigenvalue weighted by molar-refractivity contribution is 5.82. The number of nitrogens with zero attached hydrogens (tertiary/aromatic N) is 2. The van der Waals surface area contributed by atoms with Gasteiger partial charge in [0.15, 0.2) is 0 Å². The number of aryl methyl sites for hydroxylation is 2. The predicted octanol–water partition coefficient (Wildman–Crippen LogP) is 2.11. The van der Waals surface area contributed by atoms with Crippen LogP contribution in [-0.2, 0) is 11.2 Å². The molecule has 0 fully saturated rings. The Morgan fingerprint density at radius 1 is 1.35 bits per heavy atom. The summed E-state index contributed by atoms with van der Waals surface area (Å²) in [6, 6.07) is 9.63. The predicted molar refractivity (Wildman–Crippen MR) is 78.6 cm³/mol. The van der Waals surface area contributed by atoms with Gasteiger partial charge in [0.05, 0.1) is 11.9 Å². The van der Waals surface area contributed by atoms with Crippen molar-refractivity contribution in [1.82, 2.24) is 15.6 Å². The number of hydrazone groups is 1. The monoisotopic (exact) mass is 270 g/mol. The van der Waals surface area contributed by atoms with Crippen LogP contribution in [0.15, 0.2) is 35.4 Å². The normalized spacial score (nSPS) is 10.9. The Labute approximate surface area is 118 Å². The van der Waals surface area contributed by atoms with Crippen LogP contribution in [0.1, 0.15) is 28.9 Å². The second-order valence-electron chi connectivity index (χ2n) is 4.62. The van der Waals surface area contributed by atoms with Crippen LogP contribution >= 0.6 is 0 Å². The first-order valence-corrected chi connectivity index (χ1v) is 6.54. The molecule has 0 aliphatic heterocycles. The molecule has 20 heavy (non-hydrogen) atoms. The molecule has 1 aromatic carbocycles. The fourth-order valence-electron chi connectivity index (χ4n) is 1.95. The SMILES string of the molecule is Cc1n[nH]c(C)c1CCC(=O)N/N=C\c1ccccc1. The maximum absolute atomic E-state index is 11.7. The van der Waals surface area contributed by atoms with Gasteiger partial charge >= 0.3 is 0 Å². The van der Waals surface area contributed by atoms with Gasteiger partial charge in [-0.2, -0.15) is 10.2 Å². The topological polar surface area (TPSA) is 70.1 Å². The lowest BCUT2D eigenvalue weighted by Gasteiger charge is -2.01. The number of hydrogen-bond donors (Lipinski definition) is 2. The number of rotatable bonds is 5. The third kappa shape index (κ3) is 3.78. The molecular formula is C15H18N4O. The van der Waals surface area contributed by atoms with Crippen molar-refractivity contribution in [3.05, 3.63) is 52.8 Å². The molecule has 104 valence electrons. The first kappa shape index (κ1) is 14.0. The molecule has 0 bridgehead atoms. The molecule has 5 heteroatoms. The van der Waals surface area contributed by atoms with Gasteiger partial charge in [-0.1, -0.05) is 30.3 Å². The van der Waals surface area contributed by atoms with Crippen LogP contribution in [-0.4, -0.2) is 22.3 Å². The van der Waals surface area contributed by atoms with Crippen LogP contribution in [0.4, 0.5) is 0 Å². The van der Waals surface area contributed by atoms with Crippen LogP contribution in [0.2, 0.25) is 0 Å². The highest BCUT2D eigenvalue weighted by atomic mass is 16.2. The molecule has 2 rings (SSSR count). The molecule has 0 radical (unpaired) electrons. The summed E-state index contributed by atoms with van der Waals surface area (Å²) < 4.78 is 0. The third-order valence-corrected chi connectivity index (χ3v) is 3.09. The van der Waals surface area contributed by atoms with Gasteiger partial charge in [0.2, 0.25) is 5.91 Å². The third-order valence-electron chi connectivity index (χ3n) is 3.09. The van der Waals surface area contributed by atoms with E-state index in [1.165, 1.54) is 0 Å². The fraction of sp³-hybridized carbons (Fsp3) is 0.267. The Kier molecular flexibility index (Phi) is 4.65. The number of carbonyl (C=O) groups is 1. The van der Waals surface area contributed by atoms with Crippen molar-refractivity contribution in [1.29, 1.82) is 0 Å². The van der Waals surface area contributed by atoms with Crippen molar-refractivity contribution in [2.75, 3.05) is 0 Å². The zero-order valence-corrected chi connectivity index (χ0v) is 11.7. The van der Waals surface area contributed by atoms with E-state index in [4.69, 9.17) is 0 Å². The largest absolute Gasteiger partial charge is 0.282 e. The second kappa shape index (κ2) is 6.65. The van der Waals surface area contributed by atoms with Gasteiger partial charge < -0.3 is 0 Å².